The van der Waals surface area contributed by atoms with Crippen molar-refractivity contribution < 1.29 is 9.59 Å². The van der Waals surface area contributed by atoms with Gasteiger partial charge in [-0.1, -0.05) is 66.4 Å². The lowest BCUT2D eigenvalue weighted by Gasteiger charge is -2.13. The fourth-order valence-electron chi connectivity index (χ4n) is 2.92. The van der Waals surface area contributed by atoms with E-state index in [0.29, 0.717) is 10.7 Å². The number of nitrogens with one attached hydrogen (secondary N) is 1. The molecule has 1 heterocycles. The van der Waals surface area contributed by atoms with Crippen LogP contribution in [0.5, 0.6) is 0 Å². The molecule has 0 aliphatic rings. The van der Waals surface area contributed by atoms with E-state index < -0.39 is 0 Å². The molecule has 0 saturated heterocycles. The van der Waals surface area contributed by atoms with Crippen molar-refractivity contribution in [2.45, 2.75) is 32.0 Å². The molecule has 0 aliphatic heterocycles. The first kappa shape index (κ1) is 20.7. The van der Waals surface area contributed by atoms with Crippen LogP contribution in [0.25, 0.3) is 11.3 Å². The standard InChI is InChI=1S/C23H23N3O2S/c1-15-13-21(19-7-5-4-6-8-19)26-23(24-15)29-14-22(28)20-11-9-18(10-12-20)16(2)25-17(3)27/h4-13,16H,14H2,1-3H3,(H,25,27)/t16-/m0/s1. The van der Waals surface area contributed by atoms with Gasteiger partial charge in [0.1, 0.15) is 0 Å². The molecular formula is C23H23N3O2S. The molecule has 6 heteroatoms. The molecule has 1 aromatic heterocycles. The monoisotopic (exact) mass is 405 g/mol. The first-order valence-corrected chi connectivity index (χ1v) is 10.3. The lowest BCUT2D eigenvalue weighted by atomic mass is 10.0. The maximum Gasteiger partial charge on any atom is 0.217 e. The fraction of sp³-hybridized carbons (Fsp3) is 0.217. The summed E-state index contributed by atoms with van der Waals surface area (Å²) in [5.41, 5.74) is 4.33. The topological polar surface area (TPSA) is 72.0 Å². The summed E-state index contributed by atoms with van der Waals surface area (Å²) >= 11 is 1.34. The predicted octanol–water partition coefficient (Wildman–Crippen LogP) is 4.62. The molecule has 0 bridgehead atoms. The molecule has 0 unspecified atom stereocenters. The van der Waals surface area contributed by atoms with Gasteiger partial charge in [-0.05, 0) is 25.5 Å². The number of hydrogen-bond donors (Lipinski definition) is 1. The Balaban J connectivity index is 1.66. The van der Waals surface area contributed by atoms with E-state index in [1.165, 1.54) is 18.7 Å². The van der Waals surface area contributed by atoms with Gasteiger partial charge in [-0.25, -0.2) is 9.97 Å². The van der Waals surface area contributed by atoms with Gasteiger partial charge in [-0.15, -0.1) is 0 Å². The Bertz CT molecular complexity index is 1000. The molecule has 3 rings (SSSR count). The molecule has 0 radical (unpaired) electrons. The normalized spacial score (nSPS) is 11.7. The highest BCUT2D eigenvalue weighted by atomic mass is 32.2. The van der Waals surface area contributed by atoms with Gasteiger partial charge in [0.25, 0.3) is 0 Å². The molecular weight excluding hydrogens is 382 g/mol. The fourth-order valence-corrected chi connectivity index (χ4v) is 3.72. The van der Waals surface area contributed by atoms with Crippen LogP contribution in [-0.2, 0) is 4.79 Å². The Morgan fingerprint density at radius 2 is 1.72 bits per heavy atom. The maximum atomic E-state index is 12.6. The summed E-state index contributed by atoms with van der Waals surface area (Å²) in [5.74, 6) is 0.195. The Labute approximate surface area is 175 Å². The number of thioether (sulfide) groups is 1. The lowest BCUT2D eigenvalue weighted by molar-refractivity contribution is -0.119. The van der Waals surface area contributed by atoms with E-state index in [4.69, 9.17) is 0 Å². The third-order valence-corrected chi connectivity index (χ3v) is 5.24. The molecule has 0 fully saturated rings. The number of carbonyl (C=O) groups is 2. The van der Waals surface area contributed by atoms with Gasteiger partial charge in [0.2, 0.25) is 5.91 Å². The van der Waals surface area contributed by atoms with Crippen LogP contribution in [-0.4, -0.2) is 27.4 Å². The summed E-state index contributed by atoms with van der Waals surface area (Å²) in [6.45, 7) is 5.32. The van der Waals surface area contributed by atoms with Crippen LogP contribution < -0.4 is 5.32 Å². The number of rotatable bonds is 7. The third kappa shape index (κ3) is 5.74. The zero-order valence-corrected chi connectivity index (χ0v) is 17.5. The highest BCUT2D eigenvalue weighted by molar-refractivity contribution is 7.99. The molecule has 1 amide bonds. The van der Waals surface area contributed by atoms with Gasteiger partial charge < -0.3 is 5.32 Å². The largest absolute Gasteiger partial charge is 0.350 e. The van der Waals surface area contributed by atoms with Gasteiger partial charge in [0.05, 0.1) is 17.5 Å². The summed E-state index contributed by atoms with van der Waals surface area (Å²) < 4.78 is 0. The number of Topliss-reactive ketones (excluding diaryl/α,β-unsaturated/α-hetero) is 1. The second-order valence-electron chi connectivity index (χ2n) is 6.80. The van der Waals surface area contributed by atoms with E-state index in [2.05, 4.69) is 15.3 Å². The summed E-state index contributed by atoms with van der Waals surface area (Å²) in [6, 6.07) is 19.1. The number of aryl methyl sites for hydroxylation is 1. The average Bonchev–Trinajstić information content (AvgIpc) is 2.72. The SMILES string of the molecule is CC(=O)N[C@@H](C)c1ccc(C(=O)CSc2nc(C)cc(-c3ccccc3)n2)cc1. The van der Waals surface area contributed by atoms with Crippen LogP contribution in [0.4, 0.5) is 0 Å². The Hall–Kier alpha value is -2.99. The zero-order chi connectivity index (χ0) is 20.8. The second kappa shape index (κ2) is 9.47. The van der Waals surface area contributed by atoms with Crippen LogP contribution in [0.2, 0.25) is 0 Å². The van der Waals surface area contributed by atoms with Crippen molar-refractivity contribution in [2.75, 3.05) is 5.75 Å². The summed E-state index contributed by atoms with van der Waals surface area (Å²) in [5, 5.41) is 3.42. The highest BCUT2D eigenvalue weighted by Gasteiger charge is 2.12. The summed E-state index contributed by atoms with van der Waals surface area (Å²) in [7, 11) is 0. The number of nitrogens with zero attached hydrogens (tertiary/aromatic N) is 2. The number of benzene rings is 2. The first-order valence-electron chi connectivity index (χ1n) is 9.36. The van der Waals surface area contributed by atoms with Crippen molar-refractivity contribution in [2.24, 2.45) is 0 Å². The Morgan fingerprint density at radius 3 is 2.38 bits per heavy atom. The minimum atomic E-state index is -0.0943. The van der Waals surface area contributed by atoms with E-state index in [0.717, 1.165) is 22.5 Å². The van der Waals surface area contributed by atoms with Crippen LogP contribution in [0, 0.1) is 6.92 Å². The van der Waals surface area contributed by atoms with Crippen LogP contribution in [0.1, 0.15) is 41.5 Å². The van der Waals surface area contributed by atoms with E-state index in [1.54, 1.807) is 12.1 Å². The van der Waals surface area contributed by atoms with Crippen LogP contribution >= 0.6 is 11.8 Å². The molecule has 1 N–H and O–H groups in total. The van der Waals surface area contributed by atoms with Crippen molar-refractivity contribution in [1.82, 2.24) is 15.3 Å². The molecule has 3 aromatic rings. The van der Waals surface area contributed by atoms with Crippen LogP contribution in [0.3, 0.4) is 0 Å². The number of aromatic nitrogens is 2. The van der Waals surface area contributed by atoms with Gasteiger partial charge in [-0.2, -0.15) is 0 Å². The molecule has 2 aromatic carbocycles. The van der Waals surface area contributed by atoms with Crippen molar-refractivity contribution in [3.05, 3.63) is 77.5 Å². The Kier molecular flexibility index (Phi) is 6.77. The van der Waals surface area contributed by atoms with Gasteiger partial charge in [-0.3, -0.25) is 9.59 Å². The van der Waals surface area contributed by atoms with Crippen LogP contribution in [0.15, 0.2) is 65.8 Å². The molecule has 0 aliphatic carbocycles. The first-order chi connectivity index (χ1) is 13.9. The maximum absolute atomic E-state index is 12.6. The number of ketones is 1. The molecule has 29 heavy (non-hydrogen) atoms. The van der Waals surface area contributed by atoms with E-state index in [9.17, 15) is 9.59 Å². The smallest absolute Gasteiger partial charge is 0.217 e. The molecule has 5 nitrogen and oxygen atoms in total. The van der Waals surface area contributed by atoms with E-state index in [1.807, 2.05) is 62.4 Å². The zero-order valence-electron chi connectivity index (χ0n) is 16.7. The average molecular weight is 406 g/mol. The number of hydrogen-bond acceptors (Lipinski definition) is 5. The van der Waals surface area contributed by atoms with Gasteiger partial charge in [0.15, 0.2) is 10.9 Å². The van der Waals surface area contributed by atoms with E-state index in [-0.39, 0.29) is 23.5 Å². The Morgan fingerprint density at radius 1 is 1.03 bits per heavy atom. The van der Waals surface area contributed by atoms with Crippen molar-refractivity contribution >= 4 is 23.5 Å². The number of amides is 1. The van der Waals surface area contributed by atoms with Gasteiger partial charge in [0, 0.05) is 23.7 Å². The molecule has 1 atom stereocenters. The summed E-state index contributed by atoms with van der Waals surface area (Å²) in [6.07, 6.45) is 0. The molecule has 0 spiro atoms. The minimum Gasteiger partial charge on any atom is -0.350 e. The van der Waals surface area contributed by atoms with Crippen molar-refractivity contribution in [3.63, 3.8) is 0 Å². The van der Waals surface area contributed by atoms with Gasteiger partial charge >= 0.3 is 0 Å². The predicted molar refractivity (Wildman–Crippen MR) is 116 cm³/mol. The quantitative estimate of drug-likeness (QED) is 0.353. The minimum absolute atomic E-state index is 0.0140. The highest BCUT2D eigenvalue weighted by Crippen LogP contribution is 2.22. The molecule has 0 saturated carbocycles. The second-order valence-corrected chi connectivity index (χ2v) is 7.74. The molecule has 148 valence electrons. The number of carbonyl (C=O) groups excluding carboxylic acids is 2. The third-order valence-electron chi connectivity index (χ3n) is 4.39. The summed E-state index contributed by atoms with van der Waals surface area (Å²) in [4.78, 5) is 32.8. The van der Waals surface area contributed by atoms with Crippen molar-refractivity contribution in [1.29, 1.82) is 0 Å². The van der Waals surface area contributed by atoms with Crippen molar-refractivity contribution in [3.8, 4) is 11.3 Å². The van der Waals surface area contributed by atoms with E-state index >= 15 is 0 Å². The lowest BCUT2D eigenvalue weighted by Crippen LogP contribution is -2.23.